The van der Waals surface area contributed by atoms with Gasteiger partial charge < -0.3 is 9.47 Å². The zero-order chi connectivity index (χ0) is 15.8. The molecule has 0 spiro atoms. The molecule has 0 radical (unpaired) electrons. The molecule has 120 valence electrons. The third-order valence-electron chi connectivity index (χ3n) is 5.13. The second kappa shape index (κ2) is 5.80. The normalized spacial score (nSPS) is 20.0. The topological polar surface area (TPSA) is 51.0 Å². The molecule has 1 aromatic heterocycles. The van der Waals surface area contributed by atoms with Crippen LogP contribution in [0, 0.1) is 0 Å². The average molecular weight is 310 g/mol. The Morgan fingerprint density at radius 1 is 1.26 bits per heavy atom. The first-order valence-electron chi connectivity index (χ1n) is 8.55. The van der Waals surface area contributed by atoms with Crippen LogP contribution in [-0.2, 0) is 30.7 Å². The van der Waals surface area contributed by atoms with Crippen molar-refractivity contribution in [3.63, 3.8) is 0 Å². The molecule has 0 saturated heterocycles. The molecule has 1 aromatic carbocycles. The largest absolute Gasteiger partial charge is 0.333 e. The molecule has 2 aromatic rings. The molecule has 5 heteroatoms. The summed E-state index contributed by atoms with van der Waals surface area (Å²) in [6.07, 6.45) is 4.03. The molecule has 4 rings (SSSR count). The maximum atomic E-state index is 13.1. The Kier molecular flexibility index (Phi) is 3.63. The summed E-state index contributed by atoms with van der Waals surface area (Å²) in [5, 5.41) is 8.50. The zero-order valence-corrected chi connectivity index (χ0v) is 13.5. The van der Waals surface area contributed by atoms with Crippen molar-refractivity contribution in [3.8, 4) is 0 Å². The minimum Gasteiger partial charge on any atom is -0.333 e. The van der Waals surface area contributed by atoms with Crippen LogP contribution in [0.15, 0.2) is 24.3 Å². The maximum Gasteiger partial charge on any atom is 0.230 e. The predicted octanol–water partition coefficient (Wildman–Crippen LogP) is 2.30. The maximum absolute atomic E-state index is 13.1. The number of amides is 1. The van der Waals surface area contributed by atoms with Gasteiger partial charge in [-0.1, -0.05) is 31.2 Å². The first-order valence-corrected chi connectivity index (χ1v) is 8.55. The van der Waals surface area contributed by atoms with Crippen molar-refractivity contribution < 1.29 is 4.79 Å². The van der Waals surface area contributed by atoms with Crippen LogP contribution < -0.4 is 0 Å². The highest BCUT2D eigenvalue weighted by Gasteiger charge is 2.32. The van der Waals surface area contributed by atoms with Crippen molar-refractivity contribution in [2.75, 3.05) is 6.54 Å². The van der Waals surface area contributed by atoms with Gasteiger partial charge in [-0.05, 0) is 30.4 Å². The number of aromatic nitrogens is 3. The van der Waals surface area contributed by atoms with Crippen molar-refractivity contribution in [2.24, 2.45) is 0 Å². The molecule has 0 fully saturated rings. The van der Waals surface area contributed by atoms with Gasteiger partial charge >= 0.3 is 0 Å². The molecular weight excluding hydrogens is 288 g/mol. The second-order valence-electron chi connectivity index (χ2n) is 6.44. The van der Waals surface area contributed by atoms with Crippen molar-refractivity contribution in [3.05, 3.63) is 47.0 Å². The van der Waals surface area contributed by atoms with Gasteiger partial charge in [0.2, 0.25) is 5.91 Å². The number of benzene rings is 1. The van der Waals surface area contributed by atoms with E-state index in [1.165, 1.54) is 11.1 Å². The van der Waals surface area contributed by atoms with Gasteiger partial charge in [-0.3, -0.25) is 4.79 Å². The van der Waals surface area contributed by atoms with Crippen LogP contribution in [0.5, 0.6) is 0 Å². The molecule has 1 aliphatic carbocycles. The Morgan fingerprint density at radius 3 is 3.00 bits per heavy atom. The first kappa shape index (κ1) is 14.4. The molecule has 0 saturated carbocycles. The summed E-state index contributed by atoms with van der Waals surface area (Å²) >= 11 is 0. The fourth-order valence-electron chi connectivity index (χ4n) is 3.90. The summed E-state index contributed by atoms with van der Waals surface area (Å²) in [4.78, 5) is 15.0. The Bertz CT molecular complexity index is 736. The van der Waals surface area contributed by atoms with Gasteiger partial charge in [0.1, 0.15) is 5.82 Å². The van der Waals surface area contributed by atoms with Crippen molar-refractivity contribution in [2.45, 2.75) is 51.6 Å². The number of carbonyl (C=O) groups is 1. The molecule has 23 heavy (non-hydrogen) atoms. The summed E-state index contributed by atoms with van der Waals surface area (Å²) in [5.41, 5.74) is 2.57. The lowest BCUT2D eigenvalue weighted by Crippen LogP contribution is -2.42. The van der Waals surface area contributed by atoms with Gasteiger partial charge in [0.25, 0.3) is 0 Å². The Hall–Kier alpha value is -2.17. The molecule has 0 bridgehead atoms. The zero-order valence-electron chi connectivity index (χ0n) is 13.5. The smallest absolute Gasteiger partial charge is 0.230 e. The minimum atomic E-state index is 0.0140. The van der Waals surface area contributed by atoms with E-state index in [0.29, 0.717) is 6.54 Å². The van der Waals surface area contributed by atoms with Gasteiger partial charge in [-0.25, -0.2) is 0 Å². The highest BCUT2D eigenvalue weighted by atomic mass is 16.2. The summed E-state index contributed by atoms with van der Waals surface area (Å²) in [7, 11) is 0. The number of rotatable bonds is 2. The molecule has 1 atom stereocenters. The Morgan fingerprint density at radius 2 is 2.13 bits per heavy atom. The summed E-state index contributed by atoms with van der Waals surface area (Å²) in [6, 6.07) is 8.40. The molecule has 2 heterocycles. The quantitative estimate of drug-likeness (QED) is 0.855. The number of hydrogen-bond acceptors (Lipinski definition) is 3. The van der Waals surface area contributed by atoms with Crippen LogP contribution >= 0.6 is 0 Å². The predicted molar refractivity (Wildman–Crippen MR) is 86.9 cm³/mol. The van der Waals surface area contributed by atoms with Gasteiger partial charge in [0.15, 0.2) is 5.82 Å². The molecule has 1 aliphatic heterocycles. The third-order valence-corrected chi connectivity index (χ3v) is 5.13. The van der Waals surface area contributed by atoms with Crippen LogP contribution in [0.3, 0.4) is 0 Å². The molecule has 1 unspecified atom stereocenters. The molecule has 2 aliphatic rings. The molecular formula is C18H22N4O. The van der Waals surface area contributed by atoms with E-state index in [9.17, 15) is 4.79 Å². The van der Waals surface area contributed by atoms with E-state index in [4.69, 9.17) is 0 Å². The minimum absolute atomic E-state index is 0.0140. The first-order chi connectivity index (χ1) is 11.3. The third kappa shape index (κ3) is 2.44. The highest BCUT2D eigenvalue weighted by Crippen LogP contribution is 2.33. The lowest BCUT2D eigenvalue weighted by Gasteiger charge is -2.33. The number of aryl methyl sites for hydroxylation is 2. The van der Waals surface area contributed by atoms with Crippen molar-refractivity contribution in [1.29, 1.82) is 0 Å². The van der Waals surface area contributed by atoms with Gasteiger partial charge in [0, 0.05) is 19.5 Å². The summed E-state index contributed by atoms with van der Waals surface area (Å²) in [6.45, 7) is 4.25. The number of hydrogen-bond donors (Lipinski definition) is 0. The van der Waals surface area contributed by atoms with Crippen LogP contribution in [-0.4, -0.2) is 32.1 Å². The average Bonchev–Trinajstić information content (AvgIpc) is 3.03. The standard InChI is InChI=1S/C18H22N4O/c1-2-16-19-20-17-12-21(10-11-22(16)17)18(23)15-9-5-7-13-6-3-4-8-14(13)15/h3-4,6,8,15H,2,5,7,9-12H2,1H3. The summed E-state index contributed by atoms with van der Waals surface area (Å²) < 4.78 is 2.17. The molecule has 5 nitrogen and oxygen atoms in total. The van der Waals surface area contributed by atoms with Crippen molar-refractivity contribution >= 4 is 5.91 Å². The summed E-state index contributed by atoms with van der Waals surface area (Å²) in [5.74, 6) is 2.21. The SMILES string of the molecule is CCc1nnc2n1CCN(C(=O)C1CCCc3ccccc31)C2. The van der Waals surface area contributed by atoms with Crippen LogP contribution in [0.1, 0.15) is 48.5 Å². The van der Waals surface area contributed by atoms with Crippen LogP contribution in [0.4, 0.5) is 0 Å². The van der Waals surface area contributed by atoms with E-state index in [-0.39, 0.29) is 11.8 Å². The van der Waals surface area contributed by atoms with E-state index in [2.05, 4.69) is 39.9 Å². The second-order valence-corrected chi connectivity index (χ2v) is 6.44. The Labute approximate surface area is 136 Å². The van der Waals surface area contributed by atoms with E-state index >= 15 is 0 Å². The lowest BCUT2D eigenvalue weighted by molar-refractivity contribution is -0.134. The number of fused-ring (bicyclic) bond motifs is 2. The van der Waals surface area contributed by atoms with Gasteiger partial charge in [-0.2, -0.15) is 0 Å². The monoisotopic (exact) mass is 310 g/mol. The molecule has 0 N–H and O–H groups in total. The Balaban J connectivity index is 1.57. The van der Waals surface area contributed by atoms with E-state index in [1.807, 2.05) is 11.0 Å². The van der Waals surface area contributed by atoms with Crippen LogP contribution in [0.2, 0.25) is 0 Å². The van der Waals surface area contributed by atoms with E-state index < -0.39 is 0 Å². The van der Waals surface area contributed by atoms with Crippen LogP contribution in [0.25, 0.3) is 0 Å². The number of carbonyl (C=O) groups excluding carboxylic acids is 1. The van der Waals surface area contributed by atoms with E-state index in [0.717, 1.165) is 50.4 Å². The van der Waals surface area contributed by atoms with Gasteiger partial charge in [0.05, 0.1) is 12.5 Å². The fraction of sp³-hybridized carbons (Fsp3) is 0.500. The molecule has 1 amide bonds. The number of nitrogens with zero attached hydrogens (tertiary/aromatic N) is 4. The lowest BCUT2D eigenvalue weighted by atomic mass is 9.82. The van der Waals surface area contributed by atoms with Crippen molar-refractivity contribution in [1.82, 2.24) is 19.7 Å². The highest BCUT2D eigenvalue weighted by molar-refractivity contribution is 5.84. The fourth-order valence-corrected chi connectivity index (χ4v) is 3.90. The van der Waals surface area contributed by atoms with E-state index in [1.54, 1.807) is 0 Å². The van der Waals surface area contributed by atoms with Gasteiger partial charge in [-0.15, -0.1) is 10.2 Å².